The third kappa shape index (κ3) is 1.50. The SMILES string of the molecule is FC#Cc1ccc2n[c]ccc2c1. The van der Waals surface area contributed by atoms with Crippen LogP contribution in [0.5, 0.6) is 0 Å². The van der Waals surface area contributed by atoms with E-state index in [9.17, 15) is 4.39 Å². The molecule has 2 rings (SSSR count). The highest BCUT2D eigenvalue weighted by atomic mass is 19.1. The molecule has 1 aromatic heterocycles. The Kier molecular flexibility index (Phi) is 1.93. The number of fused-ring (bicyclic) bond motifs is 1. The molecule has 0 bridgehead atoms. The fourth-order valence-corrected chi connectivity index (χ4v) is 1.16. The summed E-state index contributed by atoms with van der Waals surface area (Å²) in [6.45, 7) is 0. The summed E-state index contributed by atoms with van der Waals surface area (Å²) < 4.78 is 11.7. The zero-order valence-corrected chi connectivity index (χ0v) is 6.71. The molecule has 0 aliphatic rings. The van der Waals surface area contributed by atoms with E-state index in [-0.39, 0.29) is 0 Å². The molecule has 1 aromatic carbocycles. The molecule has 0 N–H and O–H groups in total. The van der Waals surface area contributed by atoms with E-state index in [2.05, 4.69) is 17.1 Å². The third-order valence-electron chi connectivity index (χ3n) is 1.74. The van der Waals surface area contributed by atoms with Gasteiger partial charge in [-0.25, -0.2) is 4.98 Å². The van der Waals surface area contributed by atoms with Gasteiger partial charge in [0, 0.05) is 10.9 Å². The van der Waals surface area contributed by atoms with Crippen molar-refractivity contribution in [2.75, 3.05) is 0 Å². The summed E-state index contributed by atoms with van der Waals surface area (Å²) >= 11 is 0. The zero-order valence-electron chi connectivity index (χ0n) is 6.71. The lowest BCUT2D eigenvalue weighted by Crippen LogP contribution is -1.79. The number of hydrogen-bond acceptors (Lipinski definition) is 1. The van der Waals surface area contributed by atoms with Gasteiger partial charge in [-0.15, -0.1) is 4.39 Å². The molecule has 0 aliphatic heterocycles. The summed E-state index contributed by atoms with van der Waals surface area (Å²) in [5.41, 5.74) is 1.50. The van der Waals surface area contributed by atoms with Crippen LogP contribution in [0.1, 0.15) is 5.56 Å². The molecule has 2 aromatic rings. The standard InChI is InChI=1S/C11H5FN/c12-6-5-9-3-4-11-10(8-9)2-1-7-13-11/h1-4,8H. The van der Waals surface area contributed by atoms with Gasteiger partial charge in [0.05, 0.1) is 11.7 Å². The molecular formula is C11H5FN. The van der Waals surface area contributed by atoms with Gasteiger partial charge in [-0.1, -0.05) is 6.07 Å². The predicted octanol–water partition coefficient (Wildman–Crippen LogP) is 2.31. The topological polar surface area (TPSA) is 12.9 Å². The number of nitrogens with zero attached hydrogens (tertiary/aromatic N) is 1. The summed E-state index contributed by atoms with van der Waals surface area (Å²) in [4.78, 5) is 4.02. The van der Waals surface area contributed by atoms with Crippen LogP contribution in [-0.4, -0.2) is 4.98 Å². The summed E-state index contributed by atoms with van der Waals surface area (Å²) in [6, 6.07) is 8.91. The maximum absolute atomic E-state index is 11.7. The normalized spacial score (nSPS) is 9.31. The van der Waals surface area contributed by atoms with Crippen molar-refractivity contribution >= 4 is 10.9 Å². The Balaban J connectivity index is 2.66. The molecule has 61 valence electrons. The molecule has 1 heterocycles. The van der Waals surface area contributed by atoms with Gasteiger partial charge in [0.25, 0.3) is 0 Å². The average Bonchev–Trinajstić information content (AvgIpc) is 2.18. The van der Waals surface area contributed by atoms with Crippen LogP contribution >= 0.6 is 0 Å². The highest BCUT2D eigenvalue weighted by Gasteiger charge is 1.93. The first-order chi connectivity index (χ1) is 6.40. The summed E-state index contributed by atoms with van der Waals surface area (Å²) in [5, 5.41) is 0.944. The van der Waals surface area contributed by atoms with E-state index < -0.39 is 0 Å². The molecule has 0 aliphatic carbocycles. The quantitative estimate of drug-likeness (QED) is 0.553. The molecule has 2 heteroatoms. The van der Waals surface area contributed by atoms with E-state index in [0.29, 0.717) is 5.56 Å². The molecule has 1 nitrogen and oxygen atoms in total. The number of aromatic nitrogens is 1. The molecule has 1 radical (unpaired) electrons. The lowest BCUT2D eigenvalue weighted by atomic mass is 10.1. The van der Waals surface area contributed by atoms with E-state index >= 15 is 0 Å². The van der Waals surface area contributed by atoms with Gasteiger partial charge in [-0.3, -0.25) is 0 Å². The predicted molar refractivity (Wildman–Crippen MR) is 48.6 cm³/mol. The third-order valence-corrected chi connectivity index (χ3v) is 1.74. The average molecular weight is 170 g/mol. The van der Waals surface area contributed by atoms with Crippen molar-refractivity contribution < 1.29 is 4.39 Å². The van der Waals surface area contributed by atoms with Gasteiger partial charge in [0.15, 0.2) is 0 Å². The molecule has 0 unspecified atom stereocenters. The number of rotatable bonds is 0. The second-order valence-corrected chi connectivity index (χ2v) is 2.57. The summed E-state index contributed by atoms with van der Waals surface area (Å²) in [5.74, 6) is 2.34. The molecule has 0 saturated heterocycles. The maximum Gasteiger partial charge on any atom is 0.111 e. The smallest absolute Gasteiger partial charge is 0.111 e. The Labute approximate surface area is 75.2 Å². The first-order valence-corrected chi connectivity index (χ1v) is 3.78. The Morgan fingerprint density at radius 1 is 1.31 bits per heavy atom. The monoisotopic (exact) mass is 170 g/mol. The fraction of sp³-hybridized carbons (Fsp3) is 0. The Morgan fingerprint density at radius 2 is 2.23 bits per heavy atom. The van der Waals surface area contributed by atoms with Crippen molar-refractivity contribution in [3.8, 4) is 12.1 Å². The lowest BCUT2D eigenvalue weighted by molar-refractivity contribution is 0.774. The van der Waals surface area contributed by atoms with Crippen molar-refractivity contribution in [1.82, 2.24) is 4.98 Å². The number of pyridine rings is 1. The van der Waals surface area contributed by atoms with Gasteiger partial charge in [0.1, 0.15) is 6.17 Å². The first kappa shape index (κ1) is 7.75. The Hall–Kier alpha value is -1.88. The van der Waals surface area contributed by atoms with Crippen molar-refractivity contribution in [2.45, 2.75) is 0 Å². The van der Waals surface area contributed by atoms with E-state index in [1.165, 1.54) is 6.17 Å². The summed E-state index contributed by atoms with van der Waals surface area (Å²) in [7, 11) is 0. The largest absolute Gasteiger partial charge is 0.246 e. The highest BCUT2D eigenvalue weighted by molar-refractivity contribution is 5.79. The fourth-order valence-electron chi connectivity index (χ4n) is 1.16. The lowest BCUT2D eigenvalue weighted by Gasteiger charge is -1.95. The minimum atomic E-state index is 0.656. The van der Waals surface area contributed by atoms with Crippen molar-refractivity contribution in [1.29, 1.82) is 0 Å². The maximum atomic E-state index is 11.7. The van der Waals surface area contributed by atoms with Crippen LogP contribution in [0.4, 0.5) is 4.39 Å². The van der Waals surface area contributed by atoms with Crippen LogP contribution in [0, 0.1) is 18.3 Å². The van der Waals surface area contributed by atoms with Crippen LogP contribution in [0.25, 0.3) is 10.9 Å². The molecule has 0 atom stereocenters. The van der Waals surface area contributed by atoms with Crippen LogP contribution in [0.15, 0.2) is 30.3 Å². The molecule has 0 spiro atoms. The van der Waals surface area contributed by atoms with E-state index in [0.717, 1.165) is 10.9 Å². The molecule has 0 amide bonds. The number of hydrogen-bond donors (Lipinski definition) is 0. The Morgan fingerprint density at radius 3 is 3.08 bits per heavy atom. The van der Waals surface area contributed by atoms with E-state index in [1.54, 1.807) is 24.3 Å². The van der Waals surface area contributed by atoms with Crippen LogP contribution in [0.2, 0.25) is 0 Å². The van der Waals surface area contributed by atoms with Gasteiger partial charge in [-0.2, -0.15) is 0 Å². The minimum Gasteiger partial charge on any atom is -0.246 e. The molecule has 13 heavy (non-hydrogen) atoms. The zero-order chi connectivity index (χ0) is 9.10. The molecular weight excluding hydrogens is 165 g/mol. The van der Waals surface area contributed by atoms with Crippen LogP contribution in [0.3, 0.4) is 0 Å². The second kappa shape index (κ2) is 3.24. The van der Waals surface area contributed by atoms with E-state index in [4.69, 9.17) is 0 Å². The van der Waals surface area contributed by atoms with Gasteiger partial charge >= 0.3 is 0 Å². The van der Waals surface area contributed by atoms with Crippen LogP contribution in [-0.2, 0) is 0 Å². The second-order valence-electron chi connectivity index (χ2n) is 2.57. The van der Waals surface area contributed by atoms with Gasteiger partial charge in [0.2, 0.25) is 0 Å². The van der Waals surface area contributed by atoms with Crippen molar-refractivity contribution in [2.24, 2.45) is 0 Å². The molecule has 0 saturated carbocycles. The highest BCUT2D eigenvalue weighted by Crippen LogP contribution is 2.11. The van der Waals surface area contributed by atoms with Gasteiger partial charge in [-0.05, 0) is 30.2 Å². The van der Waals surface area contributed by atoms with Crippen LogP contribution < -0.4 is 0 Å². The Bertz CT molecular complexity index is 494. The number of benzene rings is 1. The number of halogens is 1. The summed E-state index contributed by atoms with van der Waals surface area (Å²) in [6.07, 6.45) is 4.10. The molecule has 0 fully saturated rings. The van der Waals surface area contributed by atoms with Crippen molar-refractivity contribution in [3.63, 3.8) is 0 Å². The minimum absolute atomic E-state index is 0.656. The first-order valence-electron chi connectivity index (χ1n) is 3.78. The van der Waals surface area contributed by atoms with Crippen molar-refractivity contribution in [3.05, 3.63) is 42.1 Å². The van der Waals surface area contributed by atoms with E-state index in [1.807, 2.05) is 6.07 Å². The van der Waals surface area contributed by atoms with Gasteiger partial charge < -0.3 is 0 Å².